The van der Waals surface area contributed by atoms with Gasteiger partial charge in [0.05, 0.1) is 6.54 Å². The normalized spacial score (nSPS) is 18.8. The Balaban J connectivity index is 0.00000320. The van der Waals surface area contributed by atoms with Crippen molar-refractivity contribution in [1.29, 1.82) is 0 Å². The Bertz CT molecular complexity index is 697. The molecule has 7 heteroatoms. The molecular formula is C23H38IN5O. The van der Waals surface area contributed by atoms with Gasteiger partial charge in [0.2, 0.25) is 5.91 Å². The number of aryl methyl sites for hydroxylation is 1. The minimum Gasteiger partial charge on any atom is -0.357 e. The Kier molecular flexibility index (Phi) is 10.4. The van der Waals surface area contributed by atoms with E-state index in [1.54, 1.807) is 0 Å². The average molecular weight is 527 g/mol. The highest BCUT2D eigenvalue weighted by atomic mass is 127. The SMILES string of the molecule is CCNC(=NCC(C)c1cccc(C)c1)N1CCN(CC(=O)N2CCCC2)CC1.I. The fourth-order valence-corrected chi connectivity index (χ4v) is 4.11. The van der Waals surface area contributed by atoms with Crippen molar-refractivity contribution in [3.8, 4) is 0 Å². The van der Waals surface area contributed by atoms with Crippen LogP contribution >= 0.6 is 24.0 Å². The van der Waals surface area contributed by atoms with Crippen LogP contribution in [-0.2, 0) is 4.79 Å². The lowest BCUT2D eigenvalue weighted by molar-refractivity contribution is -0.131. The van der Waals surface area contributed by atoms with Crippen LogP contribution in [0.1, 0.15) is 43.7 Å². The van der Waals surface area contributed by atoms with Crippen molar-refractivity contribution < 1.29 is 4.79 Å². The van der Waals surface area contributed by atoms with Gasteiger partial charge in [0.1, 0.15) is 0 Å². The zero-order valence-electron chi connectivity index (χ0n) is 18.8. The minimum atomic E-state index is 0. The van der Waals surface area contributed by atoms with Gasteiger partial charge in [-0.3, -0.25) is 14.7 Å². The summed E-state index contributed by atoms with van der Waals surface area (Å²) in [5, 5.41) is 3.45. The summed E-state index contributed by atoms with van der Waals surface area (Å²) in [6, 6.07) is 8.70. The quantitative estimate of drug-likeness (QED) is 0.351. The molecule has 1 unspecified atom stereocenters. The van der Waals surface area contributed by atoms with Crippen molar-refractivity contribution in [2.45, 2.75) is 39.5 Å². The lowest BCUT2D eigenvalue weighted by Gasteiger charge is -2.36. The van der Waals surface area contributed by atoms with E-state index in [-0.39, 0.29) is 24.0 Å². The van der Waals surface area contributed by atoms with Crippen molar-refractivity contribution in [3.63, 3.8) is 0 Å². The summed E-state index contributed by atoms with van der Waals surface area (Å²) in [4.78, 5) is 24.0. The largest absolute Gasteiger partial charge is 0.357 e. The van der Waals surface area contributed by atoms with Crippen LogP contribution in [-0.4, -0.2) is 85.5 Å². The first kappa shape index (κ1) is 24.9. The molecule has 1 amide bonds. The third-order valence-corrected chi connectivity index (χ3v) is 5.95. The maximum atomic E-state index is 12.4. The van der Waals surface area contributed by atoms with E-state index in [4.69, 9.17) is 4.99 Å². The lowest BCUT2D eigenvalue weighted by Crippen LogP contribution is -2.54. The zero-order chi connectivity index (χ0) is 20.6. The summed E-state index contributed by atoms with van der Waals surface area (Å²) in [5.74, 6) is 1.68. The summed E-state index contributed by atoms with van der Waals surface area (Å²) >= 11 is 0. The number of aliphatic imine (C=N–C) groups is 1. The van der Waals surface area contributed by atoms with Crippen LogP contribution in [0.4, 0.5) is 0 Å². The van der Waals surface area contributed by atoms with Gasteiger partial charge in [0.25, 0.3) is 0 Å². The Morgan fingerprint density at radius 1 is 1.10 bits per heavy atom. The topological polar surface area (TPSA) is 51.2 Å². The van der Waals surface area contributed by atoms with Crippen molar-refractivity contribution in [2.24, 2.45) is 4.99 Å². The number of nitrogens with zero attached hydrogens (tertiary/aromatic N) is 4. The first-order chi connectivity index (χ1) is 14.1. The number of amides is 1. The molecule has 0 aromatic heterocycles. The number of piperazine rings is 1. The molecule has 2 aliphatic heterocycles. The fourth-order valence-electron chi connectivity index (χ4n) is 4.11. The number of carbonyl (C=O) groups is 1. The summed E-state index contributed by atoms with van der Waals surface area (Å²) in [5.41, 5.74) is 2.64. The molecule has 2 aliphatic rings. The second kappa shape index (κ2) is 12.5. The predicted molar refractivity (Wildman–Crippen MR) is 135 cm³/mol. The van der Waals surface area contributed by atoms with Gasteiger partial charge < -0.3 is 15.1 Å². The number of carbonyl (C=O) groups excluding carboxylic acids is 1. The van der Waals surface area contributed by atoms with Crippen molar-refractivity contribution in [2.75, 3.05) is 58.9 Å². The Hall–Kier alpha value is -1.35. The van der Waals surface area contributed by atoms with Gasteiger partial charge in [0.15, 0.2) is 5.96 Å². The van der Waals surface area contributed by atoms with E-state index in [2.05, 4.69) is 60.2 Å². The average Bonchev–Trinajstić information content (AvgIpc) is 3.27. The van der Waals surface area contributed by atoms with E-state index >= 15 is 0 Å². The first-order valence-corrected chi connectivity index (χ1v) is 11.2. The van der Waals surface area contributed by atoms with Crippen molar-refractivity contribution >= 4 is 35.8 Å². The van der Waals surface area contributed by atoms with Gasteiger partial charge >= 0.3 is 0 Å². The molecule has 2 heterocycles. The molecule has 1 atom stereocenters. The second-order valence-corrected chi connectivity index (χ2v) is 8.36. The Morgan fingerprint density at radius 2 is 1.80 bits per heavy atom. The summed E-state index contributed by atoms with van der Waals surface area (Å²) in [6.45, 7) is 14.2. The van der Waals surface area contributed by atoms with Gasteiger partial charge in [-0.15, -0.1) is 24.0 Å². The lowest BCUT2D eigenvalue weighted by atomic mass is 10.00. The third kappa shape index (κ3) is 7.11. The molecule has 0 spiro atoms. The number of halogens is 1. The number of hydrogen-bond donors (Lipinski definition) is 1. The molecule has 0 saturated carbocycles. The van der Waals surface area contributed by atoms with Crippen LogP contribution in [0.3, 0.4) is 0 Å². The molecule has 2 fully saturated rings. The summed E-state index contributed by atoms with van der Waals surface area (Å²) in [7, 11) is 0. The van der Waals surface area contributed by atoms with Crippen LogP contribution < -0.4 is 5.32 Å². The Morgan fingerprint density at radius 3 is 2.43 bits per heavy atom. The highest BCUT2D eigenvalue weighted by Gasteiger charge is 2.24. The second-order valence-electron chi connectivity index (χ2n) is 8.36. The number of likely N-dealkylation sites (tertiary alicyclic amines) is 1. The van der Waals surface area contributed by atoms with Crippen LogP contribution in [0.5, 0.6) is 0 Å². The van der Waals surface area contributed by atoms with E-state index in [1.165, 1.54) is 11.1 Å². The van der Waals surface area contributed by atoms with E-state index in [0.717, 1.165) is 71.2 Å². The molecule has 1 N–H and O–H groups in total. The standard InChI is InChI=1S/C23H37N5O.HI/c1-4-24-23(25-17-20(3)21-9-7-8-19(2)16-21)28-14-12-26(13-15-28)18-22(29)27-10-5-6-11-27;/h7-9,16,20H,4-6,10-15,17-18H2,1-3H3,(H,24,25);1H. The number of guanidine groups is 1. The molecule has 0 radical (unpaired) electrons. The number of nitrogens with one attached hydrogen (secondary N) is 1. The van der Waals surface area contributed by atoms with E-state index in [9.17, 15) is 4.79 Å². The van der Waals surface area contributed by atoms with E-state index in [0.29, 0.717) is 18.4 Å². The van der Waals surface area contributed by atoms with Crippen LogP contribution in [0, 0.1) is 6.92 Å². The summed E-state index contributed by atoms with van der Waals surface area (Å²) < 4.78 is 0. The van der Waals surface area contributed by atoms with Gasteiger partial charge in [-0.2, -0.15) is 0 Å². The molecule has 1 aromatic rings. The minimum absolute atomic E-state index is 0. The molecular weight excluding hydrogens is 489 g/mol. The zero-order valence-corrected chi connectivity index (χ0v) is 21.1. The van der Waals surface area contributed by atoms with Gasteiger partial charge in [-0.25, -0.2) is 0 Å². The van der Waals surface area contributed by atoms with Gasteiger partial charge in [-0.05, 0) is 32.3 Å². The molecule has 6 nitrogen and oxygen atoms in total. The van der Waals surface area contributed by atoms with Crippen molar-refractivity contribution in [1.82, 2.24) is 20.0 Å². The Labute approximate surface area is 199 Å². The smallest absolute Gasteiger partial charge is 0.236 e. The number of rotatable bonds is 6. The van der Waals surface area contributed by atoms with Crippen molar-refractivity contribution in [3.05, 3.63) is 35.4 Å². The monoisotopic (exact) mass is 527 g/mol. The maximum absolute atomic E-state index is 12.4. The van der Waals surface area contributed by atoms with Crippen LogP contribution in [0.2, 0.25) is 0 Å². The molecule has 30 heavy (non-hydrogen) atoms. The molecule has 2 saturated heterocycles. The summed E-state index contributed by atoms with van der Waals surface area (Å²) in [6.07, 6.45) is 2.31. The fraction of sp³-hybridized carbons (Fsp3) is 0.652. The van der Waals surface area contributed by atoms with E-state index in [1.807, 2.05) is 4.90 Å². The van der Waals surface area contributed by atoms with Gasteiger partial charge in [0, 0.05) is 58.3 Å². The predicted octanol–water partition coefficient (Wildman–Crippen LogP) is 2.92. The molecule has 0 aliphatic carbocycles. The first-order valence-electron chi connectivity index (χ1n) is 11.2. The number of hydrogen-bond acceptors (Lipinski definition) is 3. The third-order valence-electron chi connectivity index (χ3n) is 5.95. The van der Waals surface area contributed by atoms with E-state index < -0.39 is 0 Å². The molecule has 1 aromatic carbocycles. The van der Waals surface area contributed by atoms with Crippen LogP contribution in [0.15, 0.2) is 29.3 Å². The molecule has 3 rings (SSSR count). The van der Waals surface area contributed by atoms with Crippen LogP contribution in [0.25, 0.3) is 0 Å². The highest BCUT2D eigenvalue weighted by molar-refractivity contribution is 14.0. The molecule has 0 bridgehead atoms. The number of benzene rings is 1. The molecule has 168 valence electrons. The maximum Gasteiger partial charge on any atom is 0.236 e. The highest BCUT2D eigenvalue weighted by Crippen LogP contribution is 2.17. The van der Waals surface area contributed by atoms with Gasteiger partial charge in [-0.1, -0.05) is 36.8 Å².